The second-order valence-corrected chi connectivity index (χ2v) is 6.75. The minimum Gasteiger partial charge on any atom is -0.353 e. The summed E-state index contributed by atoms with van der Waals surface area (Å²) in [5, 5.41) is 9.22. The minimum atomic E-state index is 0.700. The van der Waals surface area contributed by atoms with Crippen LogP contribution in [0, 0.1) is 23.2 Å². The zero-order valence-electron chi connectivity index (χ0n) is 12.4. The molecule has 3 aliphatic rings. The molecule has 4 nitrogen and oxygen atoms in total. The van der Waals surface area contributed by atoms with E-state index in [1.807, 2.05) is 12.1 Å². The van der Waals surface area contributed by atoms with Crippen molar-refractivity contribution in [2.24, 2.45) is 11.8 Å². The maximum absolute atomic E-state index is 9.22. The van der Waals surface area contributed by atoms with Gasteiger partial charge in [-0.05, 0) is 43.2 Å². The van der Waals surface area contributed by atoms with E-state index in [-0.39, 0.29) is 0 Å². The molecule has 4 heteroatoms. The topological polar surface area (TPSA) is 43.2 Å². The number of hydrogen-bond acceptors (Lipinski definition) is 4. The predicted octanol–water partition coefficient (Wildman–Crippen LogP) is 2.26. The number of nitriles is 1. The third kappa shape index (κ3) is 2.30. The molecule has 3 fully saturated rings. The number of hydrogen-bond donors (Lipinski definition) is 0. The number of anilines is 1. The van der Waals surface area contributed by atoms with Gasteiger partial charge >= 0.3 is 0 Å². The van der Waals surface area contributed by atoms with Crippen molar-refractivity contribution in [1.82, 2.24) is 9.88 Å². The standard InChI is InChI=1S/C17H22N4/c18-12-15-2-1-5-19-17(15)21-8-6-20(7-9-21)16-11-13-3-4-14(16)10-13/h1-2,5,13-14,16H,3-4,6-11H2/t13-,14-,16-/m0/s1. The van der Waals surface area contributed by atoms with Gasteiger partial charge in [-0.25, -0.2) is 4.98 Å². The fourth-order valence-electron chi connectivity index (χ4n) is 4.66. The summed E-state index contributed by atoms with van der Waals surface area (Å²) in [6.45, 7) is 4.24. The lowest BCUT2D eigenvalue weighted by molar-refractivity contribution is 0.134. The first-order valence-electron chi connectivity index (χ1n) is 8.19. The Balaban J connectivity index is 1.42. The molecule has 1 aliphatic heterocycles. The molecule has 0 radical (unpaired) electrons. The van der Waals surface area contributed by atoms with Crippen LogP contribution in [0.1, 0.15) is 31.2 Å². The summed E-state index contributed by atoms with van der Waals surface area (Å²) >= 11 is 0. The Labute approximate surface area is 126 Å². The van der Waals surface area contributed by atoms with E-state index < -0.39 is 0 Å². The summed E-state index contributed by atoms with van der Waals surface area (Å²) in [5.74, 6) is 2.85. The summed E-state index contributed by atoms with van der Waals surface area (Å²) in [7, 11) is 0. The summed E-state index contributed by atoms with van der Waals surface area (Å²) in [6.07, 6.45) is 7.62. The first kappa shape index (κ1) is 13.1. The van der Waals surface area contributed by atoms with Crippen LogP contribution in [-0.4, -0.2) is 42.1 Å². The fourth-order valence-corrected chi connectivity index (χ4v) is 4.66. The van der Waals surface area contributed by atoms with Crippen LogP contribution in [0.5, 0.6) is 0 Å². The van der Waals surface area contributed by atoms with E-state index in [4.69, 9.17) is 0 Å². The number of fused-ring (bicyclic) bond motifs is 2. The van der Waals surface area contributed by atoms with Gasteiger partial charge in [0.25, 0.3) is 0 Å². The van der Waals surface area contributed by atoms with E-state index >= 15 is 0 Å². The van der Waals surface area contributed by atoms with Gasteiger partial charge < -0.3 is 4.90 Å². The van der Waals surface area contributed by atoms with Crippen molar-refractivity contribution < 1.29 is 0 Å². The van der Waals surface area contributed by atoms with Crippen LogP contribution in [0.3, 0.4) is 0 Å². The van der Waals surface area contributed by atoms with Crippen molar-refractivity contribution in [1.29, 1.82) is 5.26 Å². The van der Waals surface area contributed by atoms with E-state index in [0.717, 1.165) is 49.9 Å². The average Bonchev–Trinajstić information content (AvgIpc) is 3.18. The molecule has 1 saturated heterocycles. The molecule has 1 aromatic rings. The normalized spacial score (nSPS) is 32.3. The molecule has 0 spiro atoms. The van der Waals surface area contributed by atoms with E-state index in [1.165, 1.54) is 25.7 Å². The number of aromatic nitrogens is 1. The Morgan fingerprint density at radius 2 is 2.00 bits per heavy atom. The highest BCUT2D eigenvalue weighted by atomic mass is 15.3. The Bertz CT molecular complexity index is 556. The van der Waals surface area contributed by atoms with Gasteiger partial charge in [-0.15, -0.1) is 0 Å². The van der Waals surface area contributed by atoms with Gasteiger partial charge in [0.05, 0.1) is 5.56 Å². The van der Waals surface area contributed by atoms with Gasteiger partial charge in [0.1, 0.15) is 11.9 Å². The average molecular weight is 282 g/mol. The maximum Gasteiger partial charge on any atom is 0.146 e. The van der Waals surface area contributed by atoms with E-state index in [9.17, 15) is 5.26 Å². The molecule has 2 heterocycles. The van der Waals surface area contributed by atoms with Crippen molar-refractivity contribution in [3.63, 3.8) is 0 Å². The first-order chi connectivity index (χ1) is 10.3. The lowest BCUT2D eigenvalue weighted by atomic mass is 9.93. The molecule has 0 unspecified atom stereocenters. The number of rotatable bonds is 2. The van der Waals surface area contributed by atoms with Gasteiger partial charge in [0, 0.05) is 38.4 Å². The molecular formula is C17H22N4. The second kappa shape index (κ2) is 5.31. The zero-order chi connectivity index (χ0) is 14.2. The molecule has 0 amide bonds. The van der Waals surface area contributed by atoms with Crippen LogP contribution < -0.4 is 4.90 Å². The molecule has 1 aromatic heterocycles. The van der Waals surface area contributed by atoms with E-state index in [1.54, 1.807) is 6.20 Å². The van der Waals surface area contributed by atoms with Crippen molar-refractivity contribution >= 4 is 5.82 Å². The number of nitrogens with zero attached hydrogens (tertiary/aromatic N) is 4. The molecule has 0 N–H and O–H groups in total. The molecule has 21 heavy (non-hydrogen) atoms. The van der Waals surface area contributed by atoms with Crippen LogP contribution in [0.15, 0.2) is 18.3 Å². The molecule has 2 aliphatic carbocycles. The first-order valence-corrected chi connectivity index (χ1v) is 8.19. The highest BCUT2D eigenvalue weighted by Crippen LogP contribution is 2.46. The lowest BCUT2D eigenvalue weighted by Crippen LogP contribution is -2.52. The largest absolute Gasteiger partial charge is 0.353 e. The van der Waals surface area contributed by atoms with Crippen LogP contribution >= 0.6 is 0 Å². The molecule has 2 bridgehead atoms. The Kier molecular flexibility index (Phi) is 3.31. The fraction of sp³-hybridized carbons (Fsp3) is 0.647. The SMILES string of the molecule is N#Cc1cccnc1N1CCN([C@H]2C[C@H]3CC[C@H]2C3)CC1. The van der Waals surface area contributed by atoms with Crippen LogP contribution in [0.25, 0.3) is 0 Å². The summed E-state index contributed by atoms with van der Waals surface area (Å²) in [6, 6.07) is 6.81. The quantitative estimate of drug-likeness (QED) is 0.834. The van der Waals surface area contributed by atoms with Crippen molar-refractivity contribution in [3.8, 4) is 6.07 Å². The molecule has 0 aromatic carbocycles. The summed E-state index contributed by atoms with van der Waals surface area (Å²) in [4.78, 5) is 9.40. The molecule has 4 rings (SSSR count). The highest BCUT2D eigenvalue weighted by molar-refractivity contribution is 5.53. The highest BCUT2D eigenvalue weighted by Gasteiger charge is 2.42. The maximum atomic E-state index is 9.22. The van der Waals surface area contributed by atoms with Crippen LogP contribution in [-0.2, 0) is 0 Å². The van der Waals surface area contributed by atoms with Crippen LogP contribution in [0.4, 0.5) is 5.82 Å². The lowest BCUT2D eigenvalue weighted by Gasteiger charge is -2.41. The third-order valence-electron chi connectivity index (χ3n) is 5.69. The molecule has 2 saturated carbocycles. The summed E-state index contributed by atoms with van der Waals surface area (Å²) < 4.78 is 0. The minimum absolute atomic E-state index is 0.700. The van der Waals surface area contributed by atoms with Crippen molar-refractivity contribution in [2.75, 3.05) is 31.1 Å². The smallest absolute Gasteiger partial charge is 0.146 e. The van der Waals surface area contributed by atoms with Gasteiger partial charge in [-0.3, -0.25) is 4.90 Å². The van der Waals surface area contributed by atoms with Gasteiger partial charge in [-0.2, -0.15) is 5.26 Å². The van der Waals surface area contributed by atoms with Gasteiger partial charge in [0.15, 0.2) is 0 Å². The number of pyridine rings is 1. The van der Waals surface area contributed by atoms with Crippen LogP contribution in [0.2, 0.25) is 0 Å². The molecular weight excluding hydrogens is 260 g/mol. The summed E-state index contributed by atoms with van der Waals surface area (Å²) in [5.41, 5.74) is 0.700. The number of piperazine rings is 1. The predicted molar refractivity (Wildman–Crippen MR) is 82.0 cm³/mol. The molecule has 3 atom stereocenters. The zero-order valence-corrected chi connectivity index (χ0v) is 12.4. The Morgan fingerprint density at radius 1 is 1.14 bits per heavy atom. The Morgan fingerprint density at radius 3 is 2.67 bits per heavy atom. The van der Waals surface area contributed by atoms with Crippen molar-refractivity contribution in [3.05, 3.63) is 23.9 Å². The van der Waals surface area contributed by atoms with Gasteiger partial charge in [0.2, 0.25) is 0 Å². The van der Waals surface area contributed by atoms with E-state index in [0.29, 0.717) is 5.56 Å². The Hall–Kier alpha value is -1.60. The van der Waals surface area contributed by atoms with E-state index in [2.05, 4.69) is 20.9 Å². The van der Waals surface area contributed by atoms with Gasteiger partial charge in [-0.1, -0.05) is 6.42 Å². The third-order valence-corrected chi connectivity index (χ3v) is 5.69. The second-order valence-electron chi connectivity index (χ2n) is 6.75. The monoisotopic (exact) mass is 282 g/mol. The molecule has 110 valence electrons. The van der Waals surface area contributed by atoms with Crippen molar-refractivity contribution in [2.45, 2.75) is 31.7 Å².